The third kappa shape index (κ3) is 5.70. The van der Waals surface area contributed by atoms with E-state index in [-0.39, 0.29) is 16.9 Å². The van der Waals surface area contributed by atoms with E-state index in [0.717, 1.165) is 12.8 Å². The summed E-state index contributed by atoms with van der Waals surface area (Å²) < 4.78 is 5.05. The van der Waals surface area contributed by atoms with E-state index in [9.17, 15) is 4.79 Å². The lowest BCUT2D eigenvalue weighted by Crippen LogP contribution is -2.21. The molecule has 0 radical (unpaired) electrons. The number of alkyl halides is 1. The molecule has 2 nitrogen and oxygen atoms in total. The number of halogens is 1. The van der Waals surface area contributed by atoms with Crippen molar-refractivity contribution >= 4 is 21.9 Å². The highest BCUT2D eigenvalue weighted by molar-refractivity contribution is 9.10. The Morgan fingerprint density at radius 3 is 2.62 bits per heavy atom. The minimum absolute atomic E-state index is 0.210. The van der Waals surface area contributed by atoms with Crippen LogP contribution in [0.25, 0.3) is 0 Å². The van der Waals surface area contributed by atoms with Crippen LogP contribution >= 0.6 is 15.9 Å². The number of ether oxygens (including phenoxy) is 1. The summed E-state index contributed by atoms with van der Waals surface area (Å²) in [6.45, 7) is 5.65. The molecular weight excluding hydrogens is 232 g/mol. The van der Waals surface area contributed by atoms with Gasteiger partial charge in [0.1, 0.15) is 4.83 Å². The second-order valence-corrected chi connectivity index (χ2v) is 3.73. The first-order valence-corrected chi connectivity index (χ1v) is 5.36. The molecule has 2 unspecified atom stereocenters. The molecule has 0 aliphatic carbocycles. The fraction of sp³-hybridized carbons (Fsp3) is 0.700. The zero-order valence-corrected chi connectivity index (χ0v) is 9.85. The van der Waals surface area contributed by atoms with Crippen LogP contribution in [0.2, 0.25) is 0 Å². The van der Waals surface area contributed by atoms with E-state index in [1.165, 1.54) is 0 Å². The molecule has 0 spiro atoms. The van der Waals surface area contributed by atoms with Crippen molar-refractivity contribution in [3.63, 3.8) is 0 Å². The lowest BCUT2D eigenvalue weighted by molar-refractivity contribution is -0.144. The van der Waals surface area contributed by atoms with Gasteiger partial charge in [0, 0.05) is 6.42 Å². The van der Waals surface area contributed by atoms with Crippen LogP contribution in [-0.2, 0) is 9.53 Å². The third-order valence-corrected chi connectivity index (χ3v) is 2.41. The maximum atomic E-state index is 11.2. The van der Waals surface area contributed by atoms with E-state index in [0.29, 0.717) is 0 Å². The standard InChI is InChI=1S/C10H15BrO2/c1-4-6-7-8(3)13-10(12)9(11)5-2/h8-9H,4-5H2,1-3H3. The number of carbonyl (C=O) groups is 1. The van der Waals surface area contributed by atoms with Crippen molar-refractivity contribution in [2.75, 3.05) is 0 Å². The maximum absolute atomic E-state index is 11.2. The zero-order chi connectivity index (χ0) is 10.3. The topological polar surface area (TPSA) is 26.3 Å². The molecule has 0 rings (SSSR count). The highest BCUT2D eigenvalue weighted by Gasteiger charge is 2.15. The van der Waals surface area contributed by atoms with Crippen LogP contribution in [0.5, 0.6) is 0 Å². The first-order valence-electron chi connectivity index (χ1n) is 4.44. The summed E-state index contributed by atoms with van der Waals surface area (Å²) in [6, 6.07) is 0. The first kappa shape index (κ1) is 12.5. The Kier molecular flexibility index (Phi) is 6.70. The lowest BCUT2D eigenvalue weighted by Gasteiger charge is -2.09. The van der Waals surface area contributed by atoms with Crippen LogP contribution in [0.1, 0.15) is 33.6 Å². The predicted octanol–water partition coefficient (Wildman–Crippen LogP) is 2.51. The molecule has 74 valence electrons. The van der Waals surface area contributed by atoms with E-state index >= 15 is 0 Å². The molecule has 13 heavy (non-hydrogen) atoms. The second-order valence-electron chi connectivity index (χ2n) is 2.63. The predicted molar refractivity (Wildman–Crippen MR) is 56.6 cm³/mol. The van der Waals surface area contributed by atoms with Crippen molar-refractivity contribution in [1.29, 1.82) is 0 Å². The summed E-state index contributed by atoms with van der Waals surface area (Å²) in [6.07, 6.45) is 1.21. The van der Waals surface area contributed by atoms with Crippen LogP contribution in [0.3, 0.4) is 0 Å². The average molecular weight is 247 g/mol. The first-order chi connectivity index (χ1) is 6.11. The van der Waals surface area contributed by atoms with Gasteiger partial charge in [-0.15, -0.1) is 0 Å². The van der Waals surface area contributed by atoms with Crippen LogP contribution in [0.15, 0.2) is 0 Å². The molecular formula is C10H15BrO2. The minimum atomic E-state index is -0.306. The maximum Gasteiger partial charge on any atom is 0.320 e. The zero-order valence-electron chi connectivity index (χ0n) is 8.26. The quantitative estimate of drug-likeness (QED) is 0.435. The fourth-order valence-electron chi connectivity index (χ4n) is 0.690. The Morgan fingerprint density at radius 2 is 2.15 bits per heavy atom. The SMILES string of the molecule is CCC#CC(C)OC(=O)C(Br)CC. The van der Waals surface area contributed by atoms with Gasteiger partial charge in [-0.25, -0.2) is 0 Å². The highest BCUT2D eigenvalue weighted by atomic mass is 79.9. The number of hydrogen-bond donors (Lipinski definition) is 0. The Hall–Kier alpha value is -0.490. The van der Waals surface area contributed by atoms with Crippen LogP contribution < -0.4 is 0 Å². The van der Waals surface area contributed by atoms with Crippen molar-refractivity contribution in [2.45, 2.75) is 44.5 Å². The van der Waals surface area contributed by atoms with Crippen molar-refractivity contribution in [3.05, 3.63) is 0 Å². The molecule has 0 amide bonds. The summed E-state index contributed by atoms with van der Waals surface area (Å²) in [5, 5.41) is 0. The minimum Gasteiger partial charge on any atom is -0.449 e. The molecule has 0 aromatic heterocycles. The number of carbonyl (C=O) groups excluding carboxylic acids is 1. The smallest absolute Gasteiger partial charge is 0.320 e. The van der Waals surface area contributed by atoms with E-state index in [1.807, 2.05) is 13.8 Å². The molecule has 0 aromatic carbocycles. The molecule has 0 N–H and O–H groups in total. The molecule has 0 aromatic rings. The van der Waals surface area contributed by atoms with Gasteiger partial charge in [0.25, 0.3) is 0 Å². The van der Waals surface area contributed by atoms with E-state index in [2.05, 4.69) is 27.8 Å². The van der Waals surface area contributed by atoms with Crippen LogP contribution in [0.4, 0.5) is 0 Å². The largest absolute Gasteiger partial charge is 0.449 e. The average Bonchev–Trinajstić information content (AvgIpc) is 2.13. The summed E-state index contributed by atoms with van der Waals surface area (Å²) in [4.78, 5) is 11.0. The molecule has 0 aliphatic rings. The van der Waals surface area contributed by atoms with Crippen LogP contribution in [0, 0.1) is 11.8 Å². The Balaban J connectivity index is 3.91. The summed E-state index contributed by atoms with van der Waals surface area (Å²) in [7, 11) is 0. The highest BCUT2D eigenvalue weighted by Crippen LogP contribution is 2.07. The van der Waals surface area contributed by atoms with Gasteiger partial charge in [-0.3, -0.25) is 4.79 Å². The monoisotopic (exact) mass is 246 g/mol. The van der Waals surface area contributed by atoms with Gasteiger partial charge in [0.2, 0.25) is 0 Å². The lowest BCUT2D eigenvalue weighted by atomic mass is 10.3. The van der Waals surface area contributed by atoms with Gasteiger partial charge in [-0.2, -0.15) is 0 Å². The van der Waals surface area contributed by atoms with Crippen LogP contribution in [-0.4, -0.2) is 16.9 Å². The number of hydrogen-bond acceptors (Lipinski definition) is 2. The Bertz CT molecular complexity index is 215. The van der Waals surface area contributed by atoms with Crippen molar-refractivity contribution in [2.24, 2.45) is 0 Å². The van der Waals surface area contributed by atoms with E-state index in [1.54, 1.807) is 6.92 Å². The third-order valence-electron chi connectivity index (χ3n) is 1.39. The van der Waals surface area contributed by atoms with Gasteiger partial charge in [-0.05, 0) is 13.3 Å². The molecule has 3 heteroatoms. The fourth-order valence-corrected chi connectivity index (χ4v) is 0.798. The summed E-state index contributed by atoms with van der Waals surface area (Å²) >= 11 is 3.22. The van der Waals surface area contributed by atoms with E-state index < -0.39 is 0 Å². The molecule has 0 heterocycles. The van der Waals surface area contributed by atoms with Crippen molar-refractivity contribution < 1.29 is 9.53 Å². The molecule has 0 bridgehead atoms. The normalized spacial score (nSPS) is 13.8. The van der Waals surface area contributed by atoms with Gasteiger partial charge >= 0.3 is 5.97 Å². The Labute approximate surface area is 88.2 Å². The number of rotatable bonds is 3. The molecule has 0 aliphatic heterocycles. The summed E-state index contributed by atoms with van der Waals surface area (Å²) in [5.74, 6) is 5.46. The Morgan fingerprint density at radius 1 is 1.54 bits per heavy atom. The van der Waals surface area contributed by atoms with Gasteiger partial charge in [0.05, 0.1) is 0 Å². The van der Waals surface area contributed by atoms with Gasteiger partial charge < -0.3 is 4.74 Å². The van der Waals surface area contributed by atoms with Crippen molar-refractivity contribution in [3.8, 4) is 11.8 Å². The van der Waals surface area contributed by atoms with Gasteiger partial charge in [-0.1, -0.05) is 41.6 Å². The molecule has 0 fully saturated rings. The number of esters is 1. The second kappa shape index (κ2) is 6.97. The van der Waals surface area contributed by atoms with E-state index in [4.69, 9.17) is 4.74 Å². The molecule has 0 saturated heterocycles. The molecule has 2 atom stereocenters. The summed E-state index contributed by atoms with van der Waals surface area (Å²) in [5.41, 5.74) is 0. The molecule has 0 saturated carbocycles. The van der Waals surface area contributed by atoms with Crippen molar-refractivity contribution in [1.82, 2.24) is 0 Å². The van der Waals surface area contributed by atoms with Gasteiger partial charge in [0.15, 0.2) is 6.10 Å².